The van der Waals surface area contributed by atoms with Crippen LogP contribution in [0.1, 0.15) is 16.8 Å². The summed E-state index contributed by atoms with van der Waals surface area (Å²) in [5.41, 5.74) is 2.30. The van der Waals surface area contributed by atoms with Crippen LogP contribution in [-0.2, 0) is 29.2 Å². The summed E-state index contributed by atoms with van der Waals surface area (Å²) in [6.07, 6.45) is 0. The van der Waals surface area contributed by atoms with E-state index in [0.29, 0.717) is 56.6 Å². The number of aromatic nitrogens is 1. The second-order valence-corrected chi connectivity index (χ2v) is 7.34. The molecule has 7 nitrogen and oxygen atoms in total. The fraction of sp³-hybridized carbons (Fsp3) is 0.320. The Kier molecular flexibility index (Phi) is 7.42. The third-order valence-corrected chi connectivity index (χ3v) is 5.17. The number of para-hydroxylation sites is 2. The first-order valence-corrected chi connectivity index (χ1v) is 10.6. The van der Waals surface area contributed by atoms with Gasteiger partial charge in [0.15, 0.2) is 11.5 Å². The molecule has 0 radical (unpaired) electrons. The van der Waals surface area contributed by atoms with E-state index in [1.165, 1.54) is 0 Å². The number of hydrogen-bond donors (Lipinski definition) is 0. The minimum atomic E-state index is -0.0865. The van der Waals surface area contributed by atoms with E-state index in [1.807, 2.05) is 60.7 Å². The molecule has 0 saturated carbocycles. The van der Waals surface area contributed by atoms with Crippen LogP contribution in [0.25, 0.3) is 0 Å². The zero-order valence-corrected chi connectivity index (χ0v) is 18.1. The van der Waals surface area contributed by atoms with Crippen molar-refractivity contribution in [3.05, 3.63) is 87.8 Å². The molecule has 5 rings (SSSR count). The van der Waals surface area contributed by atoms with Crippen LogP contribution in [0, 0.1) is 0 Å². The molecule has 3 aromatic rings. The monoisotopic (exact) mass is 437 g/mol. The summed E-state index contributed by atoms with van der Waals surface area (Å²) >= 11 is 0. The third-order valence-electron chi connectivity index (χ3n) is 5.17. The number of ether oxygens (including phenoxy) is 5. The maximum Gasteiger partial charge on any atom is 0.256 e. The summed E-state index contributed by atoms with van der Waals surface area (Å²) < 4.78 is 30.1. The van der Waals surface area contributed by atoms with E-state index in [9.17, 15) is 4.79 Å². The largest absolute Gasteiger partial charge is 0.497 e. The first-order chi connectivity index (χ1) is 15.7. The van der Waals surface area contributed by atoms with Crippen LogP contribution < -0.4 is 19.8 Å². The van der Waals surface area contributed by atoms with E-state index in [4.69, 9.17) is 23.7 Å². The molecule has 0 N–H and O–H groups in total. The maximum absolute atomic E-state index is 13.2. The number of fused-ring (bicyclic) bond motifs is 10. The molecule has 2 aliphatic heterocycles. The quantitative estimate of drug-likeness (QED) is 0.626. The lowest BCUT2D eigenvalue weighted by Gasteiger charge is -2.17. The van der Waals surface area contributed by atoms with Gasteiger partial charge >= 0.3 is 0 Å². The average Bonchev–Trinajstić information content (AvgIpc) is 2.82. The van der Waals surface area contributed by atoms with E-state index < -0.39 is 0 Å². The van der Waals surface area contributed by atoms with Crippen molar-refractivity contribution in [3.8, 4) is 17.2 Å². The second-order valence-electron chi connectivity index (χ2n) is 7.34. The van der Waals surface area contributed by atoms with Crippen LogP contribution in [0.5, 0.6) is 17.2 Å². The standard InChI is InChI=1S/C25H27NO6/c1-28-22-10-6-19(7-11-22)16-26-21-9-8-20(25(26)27)17-29-12-14-31-23-4-2-3-5-24(23)32-15-13-30-18-21/h2-11H,12-18H2,1H3. The normalized spacial score (nSPS) is 14.8. The number of hydrogen-bond acceptors (Lipinski definition) is 6. The molecule has 0 spiro atoms. The Morgan fingerprint density at radius 3 is 2.12 bits per heavy atom. The number of benzene rings is 2. The van der Waals surface area contributed by atoms with Crippen LogP contribution >= 0.6 is 0 Å². The van der Waals surface area contributed by atoms with Gasteiger partial charge in [-0.15, -0.1) is 0 Å². The first-order valence-electron chi connectivity index (χ1n) is 10.6. The van der Waals surface area contributed by atoms with E-state index in [-0.39, 0.29) is 12.2 Å². The Morgan fingerprint density at radius 1 is 0.812 bits per heavy atom. The lowest BCUT2D eigenvalue weighted by Crippen LogP contribution is -2.28. The van der Waals surface area contributed by atoms with Crippen molar-refractivity contribution in [1.29, 1.82) is 0 Å². The van der Waals surface area contributed by atoms with Crippen molar-refractivity contribution in [3.63, 3.8) is 0 Å². The van der Waals surface area contributed by atoms with E-state index in [2.05, 4.69) is 0 Å². The maximum atomic E-state index is 13.2. The van der Waals surface area contributed by atoms with Crippen molar-refractivity contribution in [1.82, 2.24) is 4.57 Å². The lowest BCUT2D eigenvalue weighted by atomic mass is 10.2. The number of methoxy groups -OCH3 is 1. The van der Waals surface area contributed by atoms with Crippen LogP contribution in [0.4, 0.5) is 0 Å². The number of nitrogens with zero attached hydrogens (tertiary/aromatic N) is 1. The van der Waals surface area contributed by atoms with Crippen molar-refractivity contribution < 1.29 is 23.7 Å². The minimum Gasteiger partial charge on any atom is -0.497 e. The first kappa shape index (κ1) is 21.9. The molecule has 2 bridgehead atoms. The molecule has 0 saturated heterocycles. The van der Waals surface area contributed by atoms with Crippen molar-refractivity contribution in [2.45, 2.75) is 19.8 Å². The van der Waals surface area contributed by atoms with Crippen LogP contribution in [0.3, 0.4) is 0 Å². The highest BCUT2D eigenvalue weighted by atomic mass is 16.6. The van der Waals surface area contributed by atoms with E-state index in [1.54, 1.807) is 11.7 Å². The zero-order valence-electron chi connectivity index (χ0n) is 18.1. The molecule has 7 heteroatoms. The molecule has 0 unspecified atom stereocenters. The number of rotatable bonds is 3. The van der Waals surface area contributed by atoms with Crippen molar-refractivity contribution in [2.75, 3.05) is 33.5 Å². The highest BCUT2D eigenvalue weighted by molar-refractivity contribution is 5.39. The Labute approximate surface area is 187 Å². The molecule has 32 heavy (non-hydrogen) atoms. The Balaban J connectivity index is 1.54. The molecule has 0 amide bonds. The lowest BCUT2D eigenvalue weighted by molar-refractivity contribution is 0.0755. The van der Waals surface area contributed by atoms with Gasteiger partial charge in [-0.25, -0.2) is 0 Å². The predicted octanol–water partition coefficient (Wildman–Crippen LogP) is 3.41. The Bertz CT molecular complexity index is 1080. The number of pyridine rings is 1. The fourth-order valence-electron chi connectivity index (χ4n) is 3.45. The fourth-order valence-corrected chi connectivity index (χ4v) is 3.45. The Hall–Kier alpha value is -3.29. The zero-order chi connectivity index (χ0) is 22.2. The highest BCUT2D eigenvalue weighted by Crippen LogP contribution is 2.26. The molecular formula is C25H27NO6. The van der Waals surface area contributed by atoms with E-state index >= 15 is 0 Å². The Morgan fingerprint density at radius 2 is 1.47 bits per heavy atom. The summed E-state index contributed by atoms with van der Waals surface area (Å²) in [5.74, 6) is 2.10. The topological polar surface area (TPSA) is 68.2 Å². The molecule has 2 aliphatic rings. The average molecular weight is 437 g/mol. The van der Waals surface area contributed by atoms with Crippen LogP contribution in [0.15, 0.2) is 65.5 Å². The molecule has 0 fully saturated rings. The van der Waals surface area contributed by atoms with Gasteiger partial charge in [0.25, 0.3) is 5.56 Å². The molecule has 0 aliphatic carbocycles. The summed E-state index contributed by atoms with van der Waals surface area (Å²) in [5, 5.41) is 0. The smallest absolute Gasteiger partial charge is 0.256 e. The van der Waals surface area contributed by atoms with Gasteiger partial charge in [0.2, 0.25) is 0 Å². The van der Waals surface area contributed by atoms with Gasteiger partial charge in [0.05, 0.1) is 40.1 Å². The van der Waals surface area contributed by atoms with Gasteiger partial charge in [-0.3, -0.25) is 4.79 Å². The summed E-state index contributed by atoms with van der Waals surface area (Å²) in [6, 6.07) is 18.9. The summed E-state index contributed by atoms with van der Waals surface area (Å²) in [7, 11) is 1.63. The molecule has 3 heterocycles. The third kappa shape index (κ3) is 5.49. The van der Waals surface area contributed by atoms with Crippen molar-refractivity contribution in [2.24, 2.45) is 0 Å². The molecule has 1 aromatic heterocycles. The van der Waals surface area contributed by atoms with Crippen LogP contribution in [0.2, 0.25) is 0 Å². The van der Waals surface area contributed by atoms with Crippen LogP contribution in [-0.4, -0.2) is 38.1 Å². The molecule has 168 valence electrons. The summed E-state index contributed by atoms with van der Waals surface area (Å²) in [4.78, 5) is 13.2. The molecule has 2 aromatic carbocycles. The van der Waals surface area contributed by atoms with Gasteiger partial charge in [-0.2, -0.15) is 0 Å². The highest BCUT2D eigenvalue weighted by Gasteiger charge is 2.12. The van der Waals surface area contributed by atoms with Gasteiger partial charge in [0, 0.05) is 11.3 Å². The second kappa shape index (κ2) is 10.8. The summed E-state index contributed by atoms with van der Waals surface area (Å²) in [6.45, 7) is 2.42. The van der Waals surface area contributed by atoms with Crippen molar-refractivity contribution >= 4 is 0 Å². The molecule has 0 atom stereocenters. The van der Waals surface area contributed by atoms with Gasteiger partial charge in [0.1, 0.15) is 19.0 Å². The minimum absolute atomic E-state index is 0.0865. The van der Waals surface area contributed by atoms with Gasteiger partial charge in [-0.1, -0.05) is 24.3 Å². The van der Waals surface area contributed by atoms with Gasteiger partial charge in [-0.05, 0) is 42.0 Å². The SMILES string of the molecule is COc1ccc(Cn2c3ccc(c2=O)COCCOc2ccccc2OCCOC3)cc1. The van der Waals surface area contributed by atoms with E-state index in [0.717, 1.165) is 17.0 Å². The van der Waals surface area contributed by atoms with Gasteiger partial charge < -0.3 is 28.3 Å². The molecular weight excluding hydrogens is 410 g/mol. The predicted molar refractivity (Wildman–Crippen MR) is 120 cm³/mol.